The van der Waals surface area contributed by atoms with Crippen molar-refractivity contribution in [2.45, 2.75) is 12.3 Å². The second kappa shape index (κ2) is 4.41. The van der Waals surface area contributed by atoms with Crippen LogP contribution in [-0.4, -0.2) is 30.7 Å². The van der Waals surface area contributed by atoms with Crippen molar-refractivity contribution in [1.29, 1.82) is 0 Å². The van der Waals surface area contributed by atoms with Crippen molar-refractivity contribution in [1.82, 2.24) is 4.90 Å². The summed E-state index contributed by atoms with van der Waals surface area (Å²) in [5.74, 6) is -0.673. The van der Waals surface area contributed by atoms with Crippen molar-refractivity contribution in [3.05, 3.63) is 34.3 Å². The molecule has 3 rings (SSSR count). The molecule has 0 atom stereocenters. The number of hydrogen-bond acceptors (Lipinski definition) is 3. The van der Waals surface area contributed by atoms with Crippen LogP contribution in [0.4, 0.5) is 0 Å². The summed E-state index contributed by atoms with van der Waals surface area (Å²) in [5.41, 5.74) is 2.21. The predicted octanol–water partition coefficient (Wildman–Crippen LogP) is 2.55. The van der Waals surface area contributed by atoms with Crippen molar-refractivity contribution in [3.63, 3.8) is 0 Å². The fourth-order valence-corrected chi connectivity index (χ4v) is 2.84. The average Bonchev–Trinajstić information content (AvgIpc) is 2.79. The Morgan fingerprint density at radius 2 is 2.06 bits per heavy atom. The Labute approximate surface area is 110 Å². The lowest BCUT2D eigenvalue weighted by Gasteiger charge is -2.39. The van der Waals surface area contributed by atoms with Gasteiger partial charge in [-0.15, -0.1) is 11.6 Å². The van der Waals surface area contributed by atoms with Crippen molar-refractivity contribution in [2.24, 2.45) is 0 Å². The lowest BCUT2D eigenvalue weighted by atomic mass is 9.94. The molecule has 17 heavy (non-hydrogen) atoms. The number of fused-ring (bicyclic) bond motifs is 2. The molecule has 1 spiro atoms. The van der Waals surface area contributed by atoms with Gasteiger partial charge in [0, 0.05) is 17.1 Å². The maximum absolute atomic E-state index is 6.06. The monoisotopic (exact) mass is 273 g/mol. The van der Waals surface area contributed by atoms with Crippen molar-refractivity contribution in [3.8, 4) is 0 Å². The van der Waals surface area contributed by atoms with E-state index in [0.29, 0.717) is 30.8 Å². The van der Waals surface area contributed by atoms with Gasteiger partial charge in [0.05, 0.1) is 25.8 Å². The number of ether oxygens (including phenoxy) is 2. The van der Waals surface area contributed by atoms with Crippen LogP contribution in [0.25, 0.3) is 0 Å². The standard InChI is InChI=1S/C12H13Cl2NO2/c13-8-15-6-9-1-2-10(14)5-11(9)12(7-15)16-3-4-17-12/h1-2,5H,3-4,6-8H2. The summed E-state index contributed by atoms with van der Waals surface area (Å²) in [4.78, 5) is 2.10. The number of benzene rings is 1. The summed E-state index contributed by atoms with van der Waals surface area (Å²) >= 11 is 12.0. The second-order valence-electron chi connectivity index (χ2n) is 4.36. The van der Waals surface area contributed by atoms with E-state index in [4.69, 9.17) is 32.7 Å². The fourth-order valence-electron chi connectivity index (χ4n) is 2.50. The van der Waals surface area contributed by atoms with Gasteiger partial charge in [0.1, 0.15) is 0 Å². The smallest absolute Gasteiger partial charge is 0.208 e. The van der Waals surface area contributed by atoms with Crippen LogP contribution in [0.1, 0.15) is 11.1 Å². The molecule has 0 saturated carbocycles. The molecule has 0 radical (unpaired) electrons. The summed E-state index contributed by atoms with van der Waals surface area (Å²) in [5, 5.41) is 0.710. The topological polar surface area (TPSA) is 21.7 Å². The minimum Gasteiger partial charge on any atom is -0.342 e. The van der Waals surface area contributed by atoms with E-state index in [-0.39, 0.29) is 0 Å². The average molecular weight is 274 g/mol. The zero-order valence-electron chi connectivity index (χ0n) is 9.29. The van der Waals surface area contributed by atoms with Crippen LogP contribution in [0.2, 0.25) is 5.02 Å². The summed E-state index contributed by atoms with van der Waals surface area (Å²) in [6, 6.07) is 6.31. The van der Waals surface area contributed by atoms with Crippen LogP contribution in [0.5, 0.6) is 0 Å². The Morgan fingerprint density at radius 3 is 2.76 bits per heavy atom. The summed E-state index contributed by atoms with van der Waals surface area (Å²) in [6.07, 6.45) is 0. The molecule has 0 unspecified atom stereocenters. The van der Waals surface area contributed by atoms with E-state index < -0.39 is 5.79 Å². The number of rotatable bonds is 1. The maximum atomic E-state index is 6.06. The SMILES string of the molecule is ClCN1Cc2ccc(Cl)cc2C2(C1)OCCO2. The molecule has 92 valence electrons. The summed E-state index contributed by atoms with van der Waals surface area (Å²) in [7, 11) is 0. The van der Waals surface area contributed by atoms with Gasteiger partial charge in [-0.05, 0) is 17.7 Å². The van der Waals surface area contributed by atoms with Gasteiger partial charge in [0.2, 0.25) is 5.79 Å². The highest BCUT2D eigenvalue weighted by Crippen LogP contribution is 2.39. The van der Waals surface area contributed by atoms with Gasteiger partial charge in [-0.2, -0.15) is 0 Å². The molecule has 1 fully saturated rings. The van der Waals surface area contributed by atoms with E-state index in [0.717, 1.165) is 12.1 Å². The molecule has 5 heteroatoms. The molecule has 3 nitrogen and oxygen atoms in total. The van der Waals surface area contributed by atoms with Gasteiger partial charge in [-0.3, -0.25) is 4.90 Å². The van der Waals surface area contributed by atoms with E-state index >= 15 is 0 Å². The normalized spacial score (nSPS) is 22.9. The minimum absolute atomic E-state index is 0.469. The molecule has 1 aromatic rings. The van der Waals surface area contributed by atoms with E-state index in [9.17, 15) is 0 Å². The van der Waals surface area contributed by atoms with Crippen LogP contribution in [-0.2, 0) is 21.8 Å². The largest absolute Gasteiger partial charge is 0.342 e. The lowest BCUT2D eigenvalue weighted by molar-refractivity contribution is -0.185. The van der Waals surface area contributed by atoms with Crippen LogP contribution in [0.15, 0.2) is 18.2 Å². The first-order valence-electron chi connectivity index (χ1n) is 5.59. The molecule has 2 aliphatic rings. The minimum atomic E-state index is -0.673. The quantitative estimate of drug-likeness (QED) is 0.580. The van der Waals surface area contributed by atoms with Crippen LogP contribution >= 0.6 is 23.2 Å². The van der Waals surface area contributed by atoms with Crippen LogP contribution in [0.3, 0.4) is 0 Å². The van der Waals surface area contributed by atoms with Crippen molar-refractivity contribution >= 4 is 23.2 Å². The highest BCUT2D eigenvalue weighted by atomic mass is 35.5. The molecule has 0 bridgehead atoms. The van der Waals surface area contributed by atoms with Crippen molar-refractivity contribution < 1.29 is 9.47 Å². The van der Waals surface area contributed by atoms with Gasteiger partial charge in [-0.1, -0.05) is 17.7 Å². The van der Waals surface area contributed by atoms with E-state index in [1.54, 1.807) is 0 Å². The Bertz CT molecular complexity index is 433. The van der Waals surface area contributed by atoms with E-state index in [1.807, 2.05) is 18.2 Å². The van der Waals surface area contributed by atoms with Crippen molar-refractivity contribution in [2.75, 3.05) is 25.8 Å². The first kappa shape index (κ1) is 11.8. The van der Waals surface area contributed by atoms with Crippen LogP contribution < -0.4 is 0 Å². The van der Waals surface area contributed by atoms with E-state index in [2.05, 4.69) is 4.90 Å². The number of halogens is 2. The van der Waals surface area contributed by atoms with Gasteiger partial charge in [-0.25, -0.2) is 0 Å². The predicted molar refractivity (Wildman–Crippen MR) is 66.2 cm³/mol. The van der Waals surface area contributed by atoms with Gasteiger partial charge in [0.25, 0.3) is 0 Å². The molecule has 0 aliphatic carbocycles. The molecule has 0 amide bonds. The van der Waals surface area contributed by atoms with Gasteiger partial charge < -0.3 is 9.47 Å². The molecule has 1 aromatic carbocycles. The number of nitrogens with zero attached hydrogens (tertiary/aromatic N) is 1. The highest BCUT2D eigenvalue weighted by molar-refractivity contribution is 6.30. The summed E-state index contributed by atoms with van der Waals surface area (Å²) < 4.78 is 11.6. The molecule has 1 saturated heterocycles. The summed E-state index contributed by atoms with van der Waals surface area (Å²) in [6.45, 7) is 2.69. The molecule has 0 N–H and O–H groups in total. The molecule has 2 aliphatic heterocycles. The maximum Gasteiger partial charge on any atom is 0.208 e. The second-order valence-corrected chi connectivity index (χ2v) is 5.03. The third-order valence-corrected chi connectivity index (χ3v) is 3.80. The molecular formula is C12H13Cl2NO2. The fraction of sp³-hybridized carbons (Fsp3) is 0.500. The van der Waals surface area contributed by atoms with Gasteiger partial charge in [0.15, 0.2) is 0 Å². The molecular weight excluding hydrogens is 261 g/mol. The Balaban J connectivity index is 2.08. The first-order chi connectivity index (χ1) is 8.23. The molecule has 2 heterocycles. The number of hydrogen-bond donors (Lipinski definition) is 0. The van der Waals surface area contributed by atoms with E-state index in [1.165, 1.54) is 5.56 Å². The Kier molecular flexibility index (Phi) is 3.05. The highest BCUT2D eigenvalue weighted by Gasteiger charge is 2.44. The molecule has 0 aromatic heterocycles. The van der Waals surface area contributed by atoms with Gasteiger partial charge >= 0.3 is 0 Å². The zero-order valence-corrected chi connectivity index (χ0v) is 10.8. The third kappa shape index (κ3) is 1.96. The third-order valence-electron chi connectivity index (χ3n) is 3.23. The first-order valence-corrected chi connectivity index (χ1v) is 6.50. The zero-order chi connectivity index (χ0) is 11.9. The van der Waals surface area contributed by atoms with Crippen LogP contribution in [0, 0.1) is 0 Å². The lowest BCUT2D eigenvalue weighted by Crippen LogP contribution is -2.46. The Morgan fingerprint density at radius 1 is 1.29 bits per heavy atom. The number of alkyl halides is 1. The Hall–Kier alpha value is -0.320.